The van der Waals surface area contributed by atoms with E-state index in [0.717, 1.165) is 118 Å². The van der Waals surface area contributed by atoms with Crippen molar-refractivity contribution in [1.82, 2.24) is 67.6 Å². The molecule has 0 saturated carbocycles. The van der Waals surface area contributed by atoms with E-state index >= 15 is 0 Å². The second-order valence-corrected chi connectivity index (χ2v) is 29.2. The molecule has 0 atom stereocenters. The molecule has 0 aliphatic carbocycles. The molecule has 0 fully saturated rings. The molecule has 101 heavy (non-hydrogen) atoms. The zero-order valence-corrected chi connectivity index (χ0v) is 62.6. The lowest BCUT2D eigenvalue weighted by Crippen LogP contribution is -2.26. The highest BCUT2D eigenvalue weighted by molar-refractivity contribution is 5.94. The summed E-state index contributed by atoms with van der Waals surface area (Å²) in [7, 11) is 12.8. The maximum absolute atomic E-state index is 5.36. The van der Waals surface area contributed by atoms with Gasteiger partial charge in [-0.05, 0) is 221 Å². The van der Waals surface area contributed by atoms with Crippen LogP contribution in [0.15, 0.2) is 133 Å². The first kappa shape index (κ1) is 69.6. The van der Waals surface area contributed by atoms with Crippen LogP contribution < -0.4 is 5.32 Å². The zero-order valence-electron chi connectivity index (χ0n) is 62.6. The SMILES string of the molecule is C/C(=C\n1c2c(c3cc(C)ccc31)CN(C)CC2)c1c(C)noc1C.C/C(=C\n1c2c(c3cc(C)ccc31)CN(C)CC2)c1ccnn1C.C/C(=C\n1c2c(c3cc(C)ccc31)CN(C)CC2)c1cnn(C)c1.C=C(C)Nc1ccc(/C(C)=C\n2c3c(c4cc(C)ccc42)CN(C)CC3)cn1. The first-order valence-corrected chi connectivity index (χ1v) is 35.7. The largest absolute Gasteiger partial charge is 0.361 e. The van der Waals surface area contributed by atoms with Gasteiger partial charge >= 0.3 is 0 Å². The highest BCUT2D eigenvalue weighted by Crippen LogP contribution is 2.38. The predicted molar refractivity (Wildman–Crippen MR) is 421 cm³/mol. The molecule has 0 bridgehead atoms. The number of hydrogen-bond donors (Lipinski definition) is 1. The van der Waals surface area contributed by atoms with E-state index < -0.39 is 0 Å². The maximum atomic E-state index is 5.36. The summed E-state index contributed by atoms with van der Waals surface area (Å²) in [5.74, 6) is 1.71. The van der Waals surface area contributed by atoms with Crippen molar-refractivity contribution in [3.05, 3.63) is 229 Å². The highest BCUT2D eigenvalue weighted by atomic mass is 16.5. The second kappa shape index (κ2) is 29.0. The standard InChI is InChI=1S/C24H28N4.C21H25N3O.2C20H24N4/c1-16(2)26-24-9-7-19(13-25-24)18(4)14-28-22-8-6-17(3)12-20(22)21-15-27(5)11-10-23(21)28;1-13-6-7-19-17(10-13)18-12-23(5)9-8-20(18)24(19)11-14(2)21-15(3)22-25-16(21)4;1-14-5-6-19-16(11-14)17-13-22(3)10-8-20(17)24(19)12-15(2)18-7-9-21-23(18)4;1-14-5-6-19-17(9-14)18-13-22(3)8-7-20(18)24(19)11-15(2)16-10-21-23(4)12-16/h6-9,12-14H,1,10-11,15H2,2-5H3,(H,25,26);6-7,10-11H,8-9,12H2,1-5H3;5-7,9,11-12H,8,10,13H2,1-4H3;5-6,9-12H,7-8,13H2,1-4H3/b18-14-;14-11+;15-12+;15-11+. The molecule has 4 aromatic carbocycles. The Balaban J connectivity index is 0.000000121. The predicted octanol–water partition coefficient (Wildman–Crippen LogP) is 17.2. The van der Waals surface area contributed by atoms with E-state index in [1.165, 1.54) is 139 Å². The van der Waals surface area contributed by atoms with Crippen LogP contribution in [0.25, 0.3) is 90.7 Å². The van der Waals surface area contributed by atoms with E-state index in [-0.39, 0.29) is 0 Å². The van der Waals surface area contributed by atoms with Crippen LogP contribution >= 0.6 is 0 Å². The fourth-order valence-corrected chi connectivity index (χ4v) is 15.6. The van der Waals surface area contributed by atoms with E-state index in [2.05, 4.69) is 270 Å². The molecule has 0 amide bonds. The molecular formula is C85H101N15O. The first-order chi connectivity index (χ1) is 48.4. The van der Waals surface area contributed by atoms with Crippen LogP contribution in [0.1, 0.15) is 136 Å². The van der Waals surface area contributed by atoms with E-state index in [1.807, 2.05) is 68.9 Å². The van der Waals surface area contributed by atoms with Crippen molar-refractivity contribution < 1.29 is 4.52 Å². The van der Waals surface area contributed by atoms with Crippen molar-refractivity contribution in [1.29, 1.82) is 0 Å². The van der Waals surface area contributed by atoms with Gasteiger partial charge in [-0.15, -0.1) is 0 Å². The van der Waals surface area contributed by atoms with Gasteiger partial charge in [-0.3, -0.25) is 9.36 Å². The summed E-state index contributed by atoms with van der Waals surface area (Å²) in [5.41, 5.74) is 33.4. The van der Waals surface area contributed by atoms with Gasteiger partial charge in [-0.25, -0.2) is 4.98 Å². The lowest BCUT2D eigenvalue weighted by atomic mass is 10.0. The van der Waals surface area contributed by atoms with Crippen LogP contribution in [0, 0.1) is 41.5 Å². The Morgan fingerprint density at radius 3 is 1.19 bits per heavy atom. The number of aryl methyl sites for hydroxylation is 8. The molecule has 0 saturated heterocycles. The molecule has 0 spiro atoms. The van der Waals surface area contributed by atoms with Crippen molar-refractivity contribution in [2.75, 3.05) is 59.7 Å². The Morgan fingerprint density at radius 2 is 0.851 bits per heavy atom. The minimum absolute atomic E-state index is 0.825. The molecule has 0 unspecified atom stereocenters. The quantitative estimate of drug-likeness (QED) is 0.142. The molecule has 12 heterocycles. The summed E-state index contributed by atoms with van der Waals surface area (Å²) in [5, 5.41) is 21.4. The van der Waals surface area contributed by atoms with Crippen LogP contribution in [0.5, 0.6) is 0 Å². The Kier molecular flexibility index (Phi) is 20.0. The third-order valence-electron chi connectivity index (χ3n) is 20.8. The summed E-state index contributed by atoms with van der Waals surface area (Å²) in [6.45, 7) is 35.6. The lowest BCUT2D eigenvalue weighted by Gasteiger charge is -2.23. The normalized spacial score (nSPS) is 15.6. The Bertz CT molecular complexity index is 5230. The number of likely N-dealkylation sites (N-methyl/N-ethyl adjacent to an activating group) is 4. The van der Waals surface area contributed by atoms with Crippen molar-refractivity contribution in [2.45, 2.75) is 128 Å². The third kappa shape index (κ3) is 14.5. The van der Waals surface area contributed by atoms with Gasteiger partial charge in [0.15, 0.2) is 0 Å². The van der Waals surface area contributed by atoms with Crippen LogP contribution in [0.3, 0.4) is 0 Å². The van der Waals surface area contributed by atoms with Crippen LogP contribution in [-0.2, 0) is 66.0 Å². The van der Waals surface area contributed by atoms with Crippen LogP contribution in [0.2, 0.25) is 0 Å². The number of pyridine rings is 1. The number of nitrogens with one attached hydrogen (secondary N) is 1. The molecule has 4 aliphatic rings. The Labute approximate surface area is 596 Å². The van der Waals surface area contributed by atoms with Crippen LogP contribution in [0.4, 0.5) is 5.82 Å². The monoisotopic (exact) mass is 1350 g/mol. The molecule has 4 aliphatic heterocycles. The second-order valence-electron chi connectivity index (χ2n) is 29.2. The Hall–Kier alpha value is -9.84. The maximum Gasteiger partial charge on any atom is 0.141 e. The topological polar surface area (TPSA) is 119 Å². The molecule has 8 aromatic heterocycles. The minimum atomic E-state index is 0.825. The van der Waals surface area contributed by atoms with Gasteiger partial charge in [-0.2, -0.15) is 10.2 Å². The van der Waals surface area contributed by atoms with Crippen molar-refractivity contribution in [2.24, 2.45) is 14.1 Å². The summed E-state index contributed by atoms with van der Waals surface area (Å²) in [6, 6.07) is 33.3. The number of anilines is 1. The first-order valence-electron chi connectivity index (χ1n) is 35.7. The van der Waals surface area contributed by atoms with Gasteiger partial charge in [0.2, 0.25) is 0 Å². The van der Waals surface area contributed by atoms with E-state index in [9.17, 15) is 0 Å². The van der Waals surface area contributed by atoms with E-state index in [4.69, 9.17) is 4.52 Å². The number of fused-ring (bicyclic) bond motifs is 12. The minimum Gasteiger partial charge on any atom is -0.361 e. The number of hydrogen-bond acceptors (Lipinski definition) is 10. The number of rotatable bonds is 10. The zero-order chi connectivity index (χ0) is 71.2. The number of aromatic nitrogens is 10. The van der Waals surface area contributed by atoms with Gasteiger partial charge in [-0.1, -0.05) is 58.3 Å². The van der Waals surface area contributed by atoms with Gasteiger partial charge < -0.3 is 47.7 Å². The van der Waals surface area contributed by atoms with Crippen molar-refractivity contribution in [3.8, 4) is 0 Å². The highest BCUT2D eigenvalue weighted by Gasteiger charge is 2.27. The summed E-state index contributed by atoms with van der Waals surface area (Å²) in [6.07, 6.45) is 21.2. The average Bonchev–Trinajstić information content (AvgIpc) is 1.63. The molecule has 16 nitrogen and oxygen atoms in total. The molecule has 16 rings (SSSR count). The molecule has 12 aromatic rings. The Morgan fingerprint density at radius 1 is 0.455 bits per heavy atom. The van der Waals surface area contributed by atoms with E-state index in [0.29, 0.717) is 0 Å². The fourth-order valence-electron chi connectivity index (χ4n) is 15.6. The van der Waals surface area contributed by atoms with Crippen molar-refractivity contribution >= 4 is 96.5 Å². The summed E-state index contributed by atoms with van der Waals surface area (Å²) in [4.78, 5) is 14.1. The van der Waals surface area contributed by atoms with Gasteiger partial charge in [0.25, 0.3) is 0 Å². The smallest absolute Gasteiger partial charge is 0.141 e. The molecule has 522 valence electrons. The van der Waals surface area contributed by atoms with Crippen LogP contribution in [-0.4, -0.2) is 122 Å². The summed E-state index contributed by atoms with van der Waals surface area (Å²) >= 11 is 0. The molecular weight excluding hydrogens is 1250 g/mol. The molecule has 0 radical (unpaired) electrons. The van der Waals surface area contributed by atoms with Crippen molar-refractivity contribution in [3.63, 3.8) is 0 Å². The van der Waals surface area contributed by atoms with Gasteiger partial charge in [0.1, 0.15) is 11.6 Å². The number of nitrogens with zero attached hydrogens (tertiary/aromatic N) is 14. The molecule has 1 N–H and O–H groups in total. The molecule has 16 heteroatoms. The van der Waals surface area contributed by atoms with E-state index in [1.54, 1.807) is 0 Å². The van der Waals surface area contributed by atoms with Gasteiger partial charge in [0, 0.05) is 197 Å². The average molecular weight is 1350 g/mol. The third-order valence-corrected chi connectivity index (χ3v) is 20.8. The number of allylic oxidation sites excluding steroid dienone is 5. The summed E-state index contributed by atoms with van der Waals surface area (Å²) < 4.78 is 18.7. The van der Waals surface area contributed by atoms with Gasteiger partial charge in [0.05, 0.1) is 39.7 Å². The lowest BCUT2D eigenvalue weighted by molar-refractivity contribution is 0.312. The number of benzene rings is 4. The fraction of sp³-hybridized carbons (Fsp3) is 0.341.